The molecule has 4 nitrogen and oxygen atoms in total. The minimum absolute atomic E-state index is 0.186. The van der Waals surface area contributed by atoms with E-state index in [-0.39, 0.29) is 11.8 Å². The predicted octanol–water partition coefficient (Wildman–Crippen LogP) is 2.01. The molecular weight excluding hydrogens is 250 g/mol. The number of carbonyl (C=O) groups is 1. The Labute approximate surface area is 118 Å². The molecule has 1 atom stereocenters. The Hall–Kier alpha value is -2.07. The van der Waals surface area contributed by atoms with Crippen LogP contribution in [0.1, 0.15) is 29.0 Å². The quantitative estimate of drug-likeness (QED) is 0.895. The predicted molar refractivity (Wildman–Crippen MR) is 79.9 cm³/mol. The van der Waals surface area contributed by atoms with Gasteiger partial charge in [-0.15, -0.1) is 0 Å². The second-order valence-electron chi connectivity index (χ2n) is 5.27. The average Bonchev–Trinajstić information content (AvgIpc) is 2.98. The van der Waals surface area contributed by atoms with Crippen LogP contribution >= 0.6 is 0 Å². The molecule has 1 unspecified atom stereocenters. The molecule has 0 radical (unpaired) electrons. The van der Waals surface area contributed by atoms with Gasteiger partial charge in [-0.3, -0.25) is 4.79 Å². The summed E-state index contributed by atoms with van der Waals surface area (Å²) in [4.78, 5) is 16.5. The Bertz CT molecular complexity index is 619. The maximum Gasteiger partial charge on any atom is 0.227 e. The number of aryl methyl sites for hydroxylation is 1. The van der Waals surface area contributed by atoms with E-state index in [9.17, 15) is 4.79 Å². The van der Waals surface area contributed by atoms with E-state index >= 15 is 0 Å². The van der Waals surface area contributed by atoms with Crippen LogP contribution in [0.5, 0.6) is 0 Å². The fraction of sp³-hybridized carbons (Fsp3) is 0.312. The summed E-state index contributed by atoms with van der Waals surface area (Å²) >= 11 is 0. The number of anilines is 1. The van der Waals surface area contributed by atoms with Crippen LogP contribution in [0.15, 0.2) is 36.7 Å². The van der Waals surface area contributed by atoms with Crippen LogP contribution in [-0.4, -0.2) is 24.5 Å². The number of hydrogen-bond donors (Lipinski definition) is 2. The van der Waals surface area contributed by atoms with Crippen molar-refractivity contribution in [1.29, 1.82) is 0 Å². The summed E-state index contributed by atoms with van der Waals surface area (Å²) in [6.45, 7) is 0.575. The van der Waals surface area contributed by atoms with Crippen molar-refractivity contribution in [2.24, 2.45) is 5.73 Å². The van der Waals surface area contributed by atoms with E-state index in [1.54, 1.807) is 4.90 Å². The third-order valence-electron chi connectivity index (χ3n) is 4.11. The molecule has 3 N–H and O–H groups in total. The molecule has 1 aliphatic heterocycles. The summed E-state index contributed by atoms with van der Waals surface area (Å²) in [5.74, 6) is 0.390. The van der Waals surface area contributed by atoms with Crippen molar-refractivity contribution in [3.05, 3.63) is 53.3 Å². The molecule has 2 heterocycles. The summed E-state index contributed by atoms with van der Waals surface area (Å²) in [6, 6.07) is 8.38. The van der Waals surface area contributed by atoms with Crippen LogP contribution in [0, 0.1) is 0 Å². The lowest BCUT2D eigenvalue weighted by Crippen LogP contribution is -2.31. The minimum atomic E-state index is 0.186. The zero-order chi connectivity index (χ0) is 14.1. The van der Waals surface area contributed by atoms with Crippen LogP contribution < -0.4 is 10.6 Å². The van der Waals surface area contributed by atoms with Gasteiger partial charge >= 0.3 is 0 Å². The van der Waals surface area contributed by atoms with Crippen LogP contribution in [0.25, 0.3) is 0 Å². The molecule has 0 fully saturated rings. The number of nitrogens with zero attached hydrogens (tertiary/aromatic N) is 1. The SMILES string of the molecule is CN1C(=O)CCc2cc(C(CN)c3cc[nH]c3)ccc21. The van der Waals surface area contributed by atoms with Crippen molar-refractivity contribution < 1.29 is 4.79 Å². The Morgan fingerprint density at radius 2 is 2.15 bits per heavy atom. The van der Waals surface area contributed by atoms with Crippen molar-refractivity contribution in [1.82, 2.24) is 4.98 Å². The van der Waals surface area contributed by atoms with Crippen molar-refractivity contribution in [3.63, 3.8) is 0 Å². The van der Waals surface area contributed by atoms with Gasteiger partial charge in [-0.05, 0) is 35.2 Å². The number of benzene rings is 1. The molecule has 0 aliphatic carbocycles. The van der Waals surface area contributed by atoms with Crippen LogP contribution in [0.2, 0.25) is 0 Å². The fourth-order valence-corrected chi connectivity index (χ4v) is 2.91. The topological polar surface area (TPSA) is 62.1 Å². The van der Waals surface area contributed by atoms with Gasteiger partial charge in [0.1, 0.15) is 0 Å². The van der Waals surface area contributed by atoms with Crippen LogP contribution in [0.3, 0.4) is 0 Å². The number of rotatable bonds is 3. The number of fused-ring (bicyclic) bond motifs is 1. The molecule has 104 valence electrons. The summed E-state index contributed by atoms with van der Waals surface area (Å²) in [5.41, 5.74) is 10.6. The highest BCUT2D eigenvalue weighted by Gasteiger charge is 2.22. The van der Waals surface area contributed by atoms with Gasteiger partial charge in [-0.1, -0.05) is 12.1 Å². The molecule has 3 rings (SSSR count). The molecule has 1 aliphatic rings. The van der Waals surface area contributed by atoms with E-state index in [1.165, 1.54) is 16.7 Å². The van der Waals surface area contributed by atoms with E-state index in [1.807, 2.05) is 25.5 Å². The lowest BCUT2D eigenvalue weighted by atomic mass is 9.89. The van der Waals surface area contributed by atoms with Crippen LogP contribution in [-0.2, 0) is 11.2 Å². The van der Waals surface area contributed by atoms with Gasteiger partial charge in [-0.2, -0.15) is 0 Å². The molecule has 4 heteroatoms. The zero-order valence-electron chi connectivity index (χ0n) is 11.6. The number of hydrogen-bond acceptors (Lipinski definition) is 2. The first-order valence-electron chi connectivity index (χ1n) is 6.93. The maximum absolute atomic E-state index is 11.7. The Morgan fingerprint density at radius 3 is 2.85 bits per heavy atom. The normalized spacial score (nSPS) is 16.1. The summed E-state index contributed by atoms with van der Waals surface area (Å²) in [7, 11) is 1.84. The molecule has 0 spiro atoms. The molecule has 1 aromatic carbocycles. The number of H-pyrrole nitrogens is 1. The summed E-state index contributed by atoms with van der Waals surface area (Å²) < 4.78 is 0. The molecule has 0 bridgehead atoms. The second kappa shape index (κ2) is 5.13. The van der Waals surface area contributed by atoms with Crippen LogP contribution in [0.4, 0.5) is 5.69 Å². The fourth-order valence-electron chi connectivity index (χ4n) is 2.91. The van der Waals surface area contributed by atoms with Gasteiger partial charge in [0.15, 0.2) is 0 Å². The van der Waals surface area contributed by atoms with E-state index in [4.69, 9.17) is 5.73 Å². The van der Waals surface area contributed by atoms with Crippen molar-refractivity contribution in [3.8, 4) is 0 Å². The molecule has 20 heavy (non-hydrogen) atoms. The lowest BCUT2D eigenvalue weighted by Gasteiger charge is -2.27. The third-order valence-corrected chi connectivity index (χ3v) is 4.11. The first-order chi connectivity index (χ1) is 9.70. The summed E-state index contributed by atoms with van der Waals surface area (Å²) in [6.07, 6.45) is 5.32. The standard InChI is InChI=1S/C16H19N3O/c1-19-15-4-2-11(8-12(15)3-5-16(19)20)14(9-17)13-6-7-18-10-13/h2,4,6-8,10,14,18H,3,5,9,17H2,1H3. The van der Waals surface area contributed by atoms with Gasteiger partial charge in [0.05, 0.1) is 0 Å². The van der Waals surface area contributed by atoms with Gasteiger partial charge in [0.25, 0.3) is 0 Å². The number of carbonyl (C=O) groups excluding carboxylic acids is 1. The van der Waals surface area contributed by atoms with Crippen molar-refractivity contribution in [2.75, 3.05) is 18.5 Å². The zero-order valence-corrected chi connectivity index (χ0v) is 11.6. The number of nitrogens with one attached hydrogen (secondary N) is 1. The Morgan fingerprint density at radius 1 is 1.30 bits per heavy atom. The molecule has 1 amide bonds. The highest BCUT2D eigenvalue weighted by molar-refractivity contribution is 5.95. The van der Waals surface area contributed by atoms with E-state index in [0.717, 1.165) is 12.1 Å². The van der Waals surface area contributed by atoms with Gasteiger partial charge in [-0.25, -0.2) is 0 Å². The van der Waals surface area contributed by atoms with Crippen molar-refractivity contribution in [2.45, 2.75) is 18.8 Å². The lowest BCUT2D eigenvalue weighted by molar-refractivity contribution is -0.118. The maximum atomic E-state index is 11.7. The molecule has 1 aromatic heterocycles. The smallest absolute Gasteiger partial charge is 0.227 e. The Balaban J connectivity index is 1.98. The van der Waals surface area contributed by atoms with E-state index in [2.05, 4.69) is 23.2 Å². The largest absolute Gasteiger partial charge is 0.367 e. The number of aromatic nitrogens is 1. The number of aromatic amines is 1. The summed E-state index contributed by atoms with van der Waals surface area (Å²) in [5, 5.41) is 0. The first kappa shape index (κ1) is 12.9. The molecule has 0 saturated carbocycles. The van der Waals surface area contributed by atoms with Gasteiger partial charge in [0.2, 0.25) is 5.91 Å². The number of nitrogens with two attached hydrogens (primary N) is 1. The highest BCUT2D eigenvalue weighted by atomic mass is 16.2. The molecule has 2 aromatic rings. The third kappa shape index (κ3) is 2.12. The molecular formula is C16H19N3O. The van der Waals surface area contributed by atoms with Gasteiger partial charge in [0, 0.05) is 44.0 Å². The van der Waals surface area contributed by atoms with Crippen molar-refractivity contribution >= 4 is 11.6 Å². The monoisotopic (exact) mass is 269 g/mol. The highest BCUT2D eigenvalue weighted by Crippen LogP contribution is 2.31. The second-order valence-corrected chi connectivity index (χ2v) is 5.27. The van der Waals surface area contributed by atoms with Gasteiger partial charge < -0.3 is 15.6 Å². The Kier molecular flexibility index (Phi) is 3.32. The first-order valence-corrected chi connectivity index (χ1v) is 6.93. The van der Waals surface area contributed by atoms with E-state index < -0.39 is 0 Å². The minimum Gasteiger partial charge on any atom is -0.367 e. The number of amides is 1. The molecule has 0 saturated heterocycles. The average molecular weight is 269 g/mol. The van der Waals surface area contributed by atoms with E-state index in [0.29, 0.717) is 13.0 Å².